The van der Waals surface area contributed by atoms with Gasteiger partial charge in [0.25, 0.3) is 0 Å². The van der Waals surface area contributed by atoms with Crippen molar-refractivity contribution in [3.8, 4) is 11.4 Å². The van der Waals surface area contributed by atoms with Gasteiger partial charge in [-0.1, -0.05) is 16.8 Å². The van der Waals surface area contributed by atoms with Gasteiger partial charge in [-0.05, 0) is 24.3 Å². The molecule has 0 bridgehead atoms. The van der Waals surface area contributed by atoms with Crippen LogP contribution >= 0.6 is 11.6 Å². The molecule has 94 valence electrons. The molecule has 4 N–H and O–H groups in total. The number of halogens is 1. The zero-order valence-electron chi connectivity index (χ0n) is 9.51. The summed E-state index contributed by atoms with van der Waals surface area (Å²) in [6, 6.07) is 7.19. The normalized spacial score (nSPS) is 10.3. The van der Waals surface area contributed by atoms with Gasteiger partial charge in [0.05, 0.1) is 6.54 Å². The molecule has 1 aromatic carbocycles. The number of hydrogen-bond donors (Lipinski definition) is 2. The molecular formula is C11H12ClN5O. The summed E-state index contributed by atoms with van der Waals surface area (Å²) >= 11 is 5.80. The third-order valence-corrected chi connectivity index (χ3v) is 2.44. The number of benzene rings is 1. The van der Waals surface area contributed by atoms with E-state index in [-0.39, 0.29) is 5.96 Å². The highest BCUT2D eigenvalue weighted by Gasteiger charge is 2.07. The van der Waals surface area contributed by atoms with Gasteiger partial charge in [0.15, 0.2) is 5.96 Å². The summed E-state index contributed by atoms with van der Waals surface area (Å²) in [5.74, 6) is 1.06. The van der Waals surface area contributed by atoms with Gasteiger partial charge in [0.2, 0.25) is 11.7 Å². The van der Waals surface area contributed by atoms with E-state index >= 15 is 0 Å². The van der Waals surface area contributed by atoms with E-state index in [4.69, 9.17) is 27.6 Å². The van der Waals surface area contributed by atoms with Crippen molar-refractivity contribution in [1.29, 1.82) is 0 Å². The lowest BCUT2D eigenvalue weighted by Gasteiger charge is -1.93. The highest BCUT2D eigenvalue weighted by Crippen LogP contribution is 2.18. The Balaban J connectivity index is 2.06. The predicted molar refractivity (Wildman–Crippen MR) is 69.1 cm³/mol. The summed E-state index contributed by atoms with van der Waals surface area (Å²) < 4.78 is 5.09. The molecule has 2 rings (SSSR count). The van der Waals surface area contributed by atoms with E-state index in [1.807, 2.05) is 12.1 Å². The summed E-state index contributed by atoms with van der Waals surface area (Å²) in [7, 11) is 0. The first-order valence-corrected chi connectivity index (χ1v) is 5.67. The Bertz CT molecular complexity index is 545. The summed E-state index contributed by atoms with van der Waals surface area (Å²) in [5, 5.41) is 4.54. The Labute approximate surface area is 109 Å². The quantitative estimate of drug-likeness (QED) is 0.639. The van der Waals surface area contributed by atoms with Gasteiger partial charge >= 0.3 is 0 Å². The number of rotatable bonds is 4. The average molecular weight is 266 g/mol. The molecule has 0 aliphatic heterocycles. The van der Waals surface area contributed by atoms with E-state index in [0.717, 1.165) is 5.56 Å². The minimum Gasteiger partial charge on any atom is -0.370 e. The van der Waals surface area contributed by atoms with Gasteiger partial charge in [-0.2, -0.15) is 4.98 Å². The lowest BCUT2D eigenvalue weighted by atomic mass is 10.2. The standard InChI is InChI=1S/C11H12ClN5O/c12-8-3-1-7(2-4-8)10-16-9(18-17-10)5-6-15-11(13)14/h1-4H,5-6H2,(H4,13,14,15). The minimum absolute atomic E-state index is 0.0486. The number of nitrogens with two attached hydrogens (primary N) is 2. The van der Waals surface area contributed by atoms with Crippen molar-refractivity contribution < 1.29 is 4.52 Å². The lowest BCUT2D eigenvalue weighted by molar-refractivity contribution is 0.380. The zero-order chi connectivity index (χ0) is 13.0. The Morgan fingerprint density at radius 3 is 2.67 bits per heavy atom. The first kappa shape index (κ1) is 12.4. The Morgan fingerprint density at radius 1 is 1.28 bits per heavy atom. The molecule has 0 atom stereocenters. The highest BCUT2D eigenvalue weighted by atomic mass is 35.5. The summed E-state index contributed by atoms with van der Waals surface area (Å²) in [5.41, 5.74) is 11.3. The molecule has 0 fully saturated rings. The molecule has 0 aliphatic rings. The molecule has 1 heterocycles. The van der Waals surface area contributed by atoms with E-state index in [2.05, 4.69) is 15.1 Å². The van der Waals surface area contributed by atoms with Crippen molar-refractivity contribution >= 4 is 17.6 Å². The second-order valence-electron chi connectivity index (χ2n) is 3.58. The van der Waals surface area contributed by atoms with Gasteiger partial charge in [-0.15, -0.1) is 0 Å². The maximum Gasteiger partial charge on any atom is 0.228 e. The van der Waals surface area contributed by atoms with Crippen LogP contribution in [0.4, 0.5) is 0 Å². The van der Waals surface area contributed by atoms with Crippen molar-refractivity contribution in [2.24, 2.45) is 16.5 Å². The number of guanidine groups is 1. The maximum atomic E-state index is 5.80. The number of hydrogen-bond acceptors (Lipinski definition) is 4. The smallest absolute Gasteiger partial charge is 0.228 e. The van der Waals surface area contributed by atoms with Crippen molar-refractivity contribution in [3.05, 3.63) is 35.2 Å². The van der Waals surface area contributed by atoms with Crippen LogP contribution < -0.4 is 11.5 Å². The van der Waals surface area contributed by atoms with Crippen molar-refractivity contribution in [1.82, 2.24) is 10.1 Å². The molecule has 7 heteroatoms. The van der Waals surface area contributed by atoms with Gasteiger partial charge < -0.3 is 16.0 Å². The second-order valence-corrected chi connectivity index (χ2v) is 4.01. The molecule has 0 radical (unpaired) electrons. The van der Waals surface area contributed by atoms with Crippen LogP contribution in [-0.2, 0) is 6.42 Å². The molecule has 2 aromatic rings. The third-order valence-electron chi connectivity index (χ3n) is 2.19. The first-order chi connectivity index (χ1) is 8.65. The summed E-state index contributed by atoms with van der Waals surface area (Å²) in [6.45, 7) is 0.421. The van der Waals surface area contributed by atoms with E-state index in [1.54, 1.807) is 12.1 Å². The number of nitrogens with zero attached hydrogens (tertiary/aromatic N) is 3. The second kappa shape index (κ2) is 5.50. The van der Waals surface area contributed by atoms with Crippen LogP contribution in [0.25, 0.3) is 11.4 Å². The number of aromatic nitrogens is 2. The number of aliphatic imine (C=N–C) groups is 1. The summed E-state index contributed by atoms with van der Waals surface area (Å²) in [6.07, 6.45) is 0.499. The van der Waals surface area contributed by atoms with E-state index in [9.17, 15) is 0 Å². The largest absolute Gasteiger partial charge is 0.370 e. The van der Waals surface area contributed by atoms with Crippen molar-refractivity contribution in [2.45, 2.75) is 6.42 Å². The average Bonchev–Trinajstić information content (AvgIpc) is 2.78. The Morgan fingerprint density at radius 2 is 2.00 bits per heavy atom. The monoisotopic (exact) mass is 265 g/mol. The zero-order valence-corrected chi connectivity index (χ0v) is 10.3. The molecular weight excluding hydrogens is 254 g/mol. The third kappa shape index (κ3) is 3.21. The fourth-order valence-corrected chi connectivity index (χ4v) is 1.48. The molecule has 18 heavy (non-hydrogen) atoms. The molecule has 0 spiro atoms. The topological polar surface area (TPSA) is 103 Å². The molecule has 0 saturated carbocycles. The van der Waals surface area contributed by atoms with E-state index in [1.165, 1.54) is 0 Å². The lowest BCUT2D eigenvalue weighted by Crippen LogP contribution is -2.23. The molecule has 1 aromatic heterocycles. The first-order valence-electron chi connectivity index (χ1n) is 5.29. The van der Waals surface area contributed by atoms with Crippen LogP contribution in [0.5, 0.6) is 0 Å². The fourth-order valence-electron chi connectivity index (χ4n) is 1.35. The van der Waals surface area contributed by atoms with Crippen LogP contribution in [0, 0.1) is 0 Å². The molecule has 0 saturated heterocycles. The highest BCUT2D eigenvalue weighted by molar-refractivity contribution is 6.30. The minimum atomic E-state index is 0.0486. The van der Waals surface area contributed by atoms with Crippen LogP contribution in [0.2, 0.25) is 5.02 Å². The molecule has 0 aliphatic carbocycles. The SMILES string of the molecule is NC(N)=NCCc1nc(-c2ccc(Cl)cc2)no1. The van der Waals surface area contributed by atoms with E-state index in [0.29, 0.717) is 29.7 Å². The van der Waals surface area contributed by atoms with Crippen LogP contribution in [0.15, 0.2) is 33.8 Å². The van der Waals surface area contributed by atoms with Crippen molar-refractivity contribution in [2.75, 3.05) is 6.54 Å². The Kier molecular flexibility index (Phi) is 3.78. The van der Waals surface area contributed by atoms with Gasteiger partial charge in [0.1, 0.15) is 0 Å². The molecule has 6 nitrogen and oxygen atoms in total. The Hall–Kier alpha value is -2.08. The fraction of sp³-hybridized carbons (Fsp3) is 0.182. The van der Waals surface area contributed by atoms with E-state index < -0.39 is 0 Å². The van der Waals surface area contributed by atoms with Crippen LogP contribution in [0.1, 0.15) is 5.89 Å². The van der Waals surface area contributed by atoms with Gasteiger partial charge in [-0.25, -0.2) is 0 Å². The molecule has 0 amide bonds. The molecule has 0 unspecified atom stereocenters. The van der Waals surface area contributed by atoms with Crippen LogP contribution in [0.3, 0.4) is 0 Å². The van der Waals surface area contributed by atoms with Gasteiger partial charge in [-0.3, -0.25) is 4.99 Å². The summed E-state index contributed by atoms with van der Waals surface area (Å²) in [4.78, 5) is 8.08. The van der Waals surface area contributed by atoms with Gasteiger partial charge in [0, 0.05) is 17.0 Å². The van der Waals surface area contributed by atoms with Crippen LogP contribution in [-0.4, -0.2) is 22.6 Å². The maximum absolute atomic E-state index is 5.80. The predicted octanol–water partition coefficient (Wildman–Crippen LogP) is 1.21. The van der Waals surface area contributed by atoms with Crippen molar-refractivity contribution in [3.63, 3.8) is 0 Å².